The molecular weight excluding hydrogens is 342 g/mol. The van der Waals surface area contributed by atoms with E-state index in [2.05, 4.69) is 0 Å². The highest BCUT2D eigenvalue weighted by molar-refractivity contribution is 7.94. The maximum atomic E-state index is 12.7. The second kappa shape index (κ2) is 6.09. The van der Waals surface area contributed by atoms with Crippen molar-refractivity contribution in [2.75, 3.05) is 24.1 Å². The monoisotopic (exact) mass is 355 g/mol. The molecule has 1 aromatic carbocycles. The number of ether oxygens (including phenoxy) is 2. The third-order valence-electron chi connectivity index (χ3n) is 3.13. The molecule has 1 aliphatic heterocycles. The van der Waals surface area contributed by atoms with Gasteiger partial charge in [0.2, 0.25) is 0 Å². The fraction of sp³-hybridized carbons (Fsp3) is 0.214. The molecule has 0 bridgehead atoms. The van der Waals surface area contributed by atoms with Crippen molar-refractivity contribution >= 4 is 33.0 Å². The molecule has 2 heterocycles. The highest BCUT2D eigenvalue weighted by Gasteiger charge is 2.29. The largest absolute Gasteiger partial charge is 0.486 e. The van der Waals surface area contributed by atoms with Crippen LogP contribution in [0.25, 0.3) is 0 Å². The van der Waals surface area contributed by atoms with Gasteiger partial charge in [-0.3, -0.25) is 9.10 Å². The van der Waals surface area contributed by atoms with Crippen molar-refractivity contribution in [1.82, 2.24) is 0 Å². The predicted molar refractivity (Wildman–Crippen MR) is 83.9 cm³/mol. The van der Waals surface area contributed by atoms with E-state index in [4.69, 9.17) is 14.6 Å². The Morgan fingerprint density at radius 2 is 1.96 bits per heavy atom. The third kappa shape index (κ3) is 3.10. The van der Waals surface area contributed by atoms with Gasteiger partial charge in [-0.25, -0.2) is 8.42 Å². The van der Waals surface area contributed by atoms with Crippen molar-refractivity contribution in [2.45, 2.75) is 4.21 Å². The fourth-order valence-electron chi connectivity index (χ4n) is 2.14. The predicted octanol–water partition coefficient (Wildman–Crippen LogP) is 1.80. The molecule has 7 nitrogen and oxygen atoms in total. The van der Waals surface area contributed by atoms with Crippen LogP contribution >= 0.6 is 11.3 Å². The SMILES string of the molecule is O=C(O)CN(c1ccc2c(c1)OCCO2)S(=O)(=O)c1cccs1. The summed E-state index contributed by atoms with van der Waals surface area (Å²) in [6.07, 6.45) is 0. The molecular formula is C14H13NO6S2. The van der Waals surface area contributed by atoms with E-state index in [-0.39, 0.29) is 9.90 Å². The van der Waals surface area contributed by atoms with E-state index in [1.807, 2.05) is 0 Å². The molecule has 3 rings (SSSR count). The Morgan fingerprint density at radius 1 is 1.22 bits per heavy atom. The van der Waals surface area contributed by atoms with Gasteiger partial charge < -0.3 is 14.6 Å². The number of thiophene rings is 1. The number of rotatable bonds is 5. The number of carboxylic acid groups (broad SMARTS) is 1. The van der Waals surface area contributed by atoms with Crippen LogP contribution in [0, 0.1) is 0 Å². The van der Waals surface area contributed by atoms with E-state index in [1.165, 1.54) is 18.2 Å². The van der Waals surface area contributed by atoms with Gasteiger partial charge in [0, 0.05) is 6.07 Å². The van der Waals surface area contributed by atoms with Crippen LogP contribution in [0.15, 0.2) is 39.9 Å². The maximum absolute atomic E-state index is 12.7. The summed E-state index contributed by atoms with van der Waals surface area (Å²) in [5, 5.41) is 10.7. The first kappa shape index (κ1) is 15.6. The highest BCUT2D eigenvalue weighted by Crippen LogP contribution is 2.36. The van der Waals surface area contributed by atoms with Gasteiger partial charge in [-0.05, 0) is 23.6 Å². The number of nitrogens with zero attached hydrogens (tertiary/aromatic N) is 1. The first-order valence-corrected chi connectivity index (χ1v) is 8.98. The normalized spacial score (nSPS) is 13.6. The Hall–Kier alpha value is -2.26. The number of anilines is 1. The summed E-state index contributed by atoms with van der Waals surface area (Å²) in [5.41, 5.74) is 0.213. The lowest BCUT2D eigenvalue weighted by molar-refractivity contribution is -0.135. The summed E-state index contributed by atoms with van der Waals surface area (Å²) in [4.78, 5) is 11.1. The van der Waals surface area contributed by atoms with Crippen LogP contribution in [0.3, 0.4) is 0 Å². The average molecular weight is 355 g/mol. The molecule has 0 atom stereocenters. The second-order valence-corrected chi connectivity index (χ2v) is 7.70. The highest BCUT2D eigenvalue weighted by atomic mass is 32.2. The minimum absolute atomic E-state index is 0.0774. The summed E-state index contributed by atoms with van der Waals surface area (Å²) in [6.45, 7) is 0.0889. The Bertz CT molecular complexity index is 816. The van der Waals surface area contributed by atoms with Crippen LogP contribution in [0.1, 0.15) is 0 Å². The van der Waals surface area contributed by atoms with Gasteiger partial charge in [0.1, 0.15) is 24.0 Å². The van der Waals surface area contributed by atoms with Crippen LogP contribution in [0.4, 0.5) is 5.69 Å². The molecule has 1 N–H and O–H groups in total. The molecule has 0 saturated heterocycles. The summed E-state index contributed by atoms with van der Waals surface area (Å²) < 4.78 is 37.1. The third-order valence-corrected chi connectivity index (χ3v) is 6.28. The molecule has 1 aliphatic rings. The molecule has 2 aromatic rings. The zero-order valence-electron chi connectivity index (χ0n) is 11.8. The Morgan fingerprint density at radius 3 is 2.61 bits per heavy atom. The van der Waals surface area contributed by atoms with Crippen LogP contribution in [-0.2, 0) is 14.8 Å². The number of aliphatic carboxylic acids is 1. The lowest BCUT2D eigenvalue weighted by atomic mass is 10.2. The number of sulfonamides is 1. The average Bonchev–Trinajstić information content (AvgIpc) is 3.07. The number of hydrogen-bond donors (Lipinski definition) is 1. The Kier molecular flexibility index (Phi) is 4.14. The molecule has 0 amide bonds. The second-order valence-electron chi connectivity index (χ2n) is 4.67. The molecule has 0 aliphatic carbocycles. The van der Waals surface area contributed by atoms with Crippen molar-refractivity contribution in [3.05, 3.63) is 35.7 Å². The van der Waals surface area contributed by atoms with Gasteiger partial charge in [-0.1, -0.05) is 6.07 Å². The molecule has 122 valence electrons. The molecule has 1 aromatic heterocycles. The van der Waals surface area contributed by atoms with E-state index in [0.717, 1.165) is 15.6 Å². The molecule has 0 unspecified atom stereocenters. The zero-order chi connectivity index (χ0) is 16.4. The van der Waals surface area contributed by atoms with Crippen LogP contribution in [0.2, 0.25) is 0 Å². The first-order chi connectivity index (χ1) is 11.0. The number of carboxylic acids is 1. The van der Waals surface area contributed by atoms with Crippen molar-refractivity contribution in [3.63, 3.8) is 0 Å². The van der Waals surface area contributed by atoms with E-state index in [1.54, 1.807) is 17.5 Å². The van der Waals surface area contributed by atoms with E-state index in [9.17, 15) is 13.2 Å². The van der Waals surface area contributed by atoms with Gasteiger partial charge in [0.05, 0.1) is 5.69 Å². The minimum atomic E-state index is -3.96. The van der Waals surface area contributed by atoms with Crippen LogP contribution in [-0.4, -0.2) is 39.3 Å². The number of carbonyl (C=O) groups is 1. The fourth-order valence-corrected chi connectivity index (χ4v) is 4.65. The first-order valence-electron chi connectivity index (χ1n) is 6.66. The smallest absolute Gasteiger partial charge is 0.324 e. The van der Waals surface area contributed by atoms with Crippen molar-refractivity contribution in [2.24, 2.45) is 0 Å². The summed E-state index contributed by atoms with van der Waals surface area (Å²) >= 11 is 1.03. The number of hydrogen-bond acceptors (Lipinski definition) is 6. The summed E-state index contributed by atoms with van der Waals surface area (Å²) in [7, 11) is -3.96. The number of benzene rings is 1. The Labute approximate surface area is 136 Å². The minimum Gasteiger partial charge on any atom is -0.486 e. The summed E-state index contributed by atoms with van der Waals surface area (Å²) in [6, 6.07) is 7.58. The molecule has 0 spiro atoms. The molecule has 0 radical (unpaired) electrons. The van der Waals surface area contributed by atoms with E-state index >= 15 is 0 Å². The standard InChI is InChI=1S/C14H13NO6S2/c16-13(17)9-15(23(18,19)14-2-1-7-22-14)10-3-4-11-12(8-10)21-6-5-20-11/h1-4,7-8H,5-6,9H2,(H,16,17). The molecule has 23 heavy (non-hydrogen) atoms. The molecule has 9 heteroatoms. The topological polar surface area (TPSA) is 93.1 Å². The molecule has 0 saturated carbocycles. The van der Waals surface area contributed by atoms with Crippen molar-refractivity contribution in [3.8, 4) is 11.5 Å². The Balaban J connectivity index is 2.04. The quantitative estimate of drug-likeness (QED) is 0.879. The van der Waals surface area contributed by atoms with Gasteiger partial charge in [0.25, 0.3) is 10.0 Å². The zero-order valence-corrected chi connectivity index (χ0v) is 13.5. The van der Waals surface area contributed by atoms with E-state index < -0.39 is 22.5 Å². The van der Waals surface area contributed by atoms with Gasteiger partial charge in [0.15, 0.2) is 11.5 Å². The van der Waals surface area contributed by atoms with E-state index in [0.29, 0.717) is 24.7 Å². The van der Waals surface area contributed by atoms with Crippen molar-refractivity contribution < 1.29 is 27.8 Å². The van der Waals surface area contributed by atoms with Crippen LogP contribution < -0.4 is 13.8 Å². The van der Waals surface area contributed by atoms with Gasteiger partial charge in [-0.15, -0.1) is 11.3 Å². The van der Waals surface area contributed by atoms with Gasteiger partial charge in [-0.2, -0.15) is 0 Å². The van der Waals surface area contributed by atoms with Crippen LogP contribution in [0.5, 0.6) is 11.5 Å². The maximum Gasteiger partial charge on any atom is 0.324 e. The van der Waals surface area contributed by atoms with Gasteiger partial charge >= 0.3 is 5.97 Å². The lowest BCUT2D eigenvalue weighted by Crippen LogP contribution is -2.35. The summed E-state index contributed by atoms with van der Waals surface area (Å²) in [5.74, 6) is -0.352. The lowest BCUT2D eigenvalue weighted by Gasteiger charge is -2.24. The van der Waals surface area contributed by atoms with Crippen molar-refractivity contribution in [1.29, 1.82) is 0 Å². The molecule has 0 fully saturated rings. The number of fused-ring (bicyclic) bond motifs is 1.